The molecule has 16 heavy (non-hydrogen) atoms. The summed E-state index contributed by atoms with van der Waals surface area (Å²) in [5, 5.41) is 0. The summed E-state index contributed by atoms with van der Waals surface area (Å²) in [6.07, 6.45) is 10.9. The first-order chi connectivity index (χ1) is 7.63. The van der Waals surface area contributed by atoms with Crippen molar-refractivity contribution in [3.05, 3.63) is 23.8 Å². The van der Waals surface area contributed by atoms with Crippen LogP contribution in [0.3, 0.4) is 0 Å². The molecular weight excluding hydrogens is 203 g/mol. The molecule has 2 aliphatic carbocycles. The molecule has 0 heterocycles. The fourth-order valence-corrected chi connectivity index (χ4v) is 2.68. The van der Waals surface area contributed by atoms with Gasteiger partial charge in [0, 0.05) is 5.92 Å². The quantitative estimate of drug-likeness (QED) is 0.684. The normalized spacial score (nSPS) is 34.5. The summed E-state index contributed by atoms with van der Waals surface area (Å²) in [5.41, 5.74) is 0.841. The van der Waals surface area contributed by atoms with Crippen LogP contribution in [0, 0.1) is 5.92 Å². The molecule has 2 heteroatoms. The minimum absolute atomic E-state index is 0.0678. The lowest BCUT2D eigenvalue weighted by Gasteiger charge is -2.39. The van der Waals surface area contributed by atoms with Crippen molar-refractivity contribution >= 4 is 0 Å². The Labute approximate surface area is 97.4 Å². The molecule has 2 aliphatic rings. The van der Waals surface area contributed by atoms with Gasteiger partial charge in [0.05, 0.1) is 6.10 Å². The van der Waals surface area contributed by atoms with E-state index >= 15 is 4.39 Å². The van der Waals surface area contributed by atoms with E-state index in [1.165, 1.54) is 6.42 Å². The van der Waals surface area contributed by atoms with Crippen molar-refractivity contribution in [2.75, 3.05) is 0 Å². The van der Waals surface area contributed by atoms with Gasteiger partial charge in [-0.1, -0.05) is 31.1 Å². The first-order valence-electron chi connectivity index (χ1n) is 6.37. The van der Waals surface area contributed by atoms with Gasteiger partial charge in [-0.25, -0.2) is 4.39 Å². The molecule has 0 spiro atoms. The molecule has 2 atom stereocenters. The number of allylic oxidation sites excluding steroid dienone is 2. The Morgan fingerprint density at radius 1 is 1.38 bits per heavy atom. The highest BCUT2D eigenvalue weighted by atomic mass is 19.2. The maximum absolute atomic E-state index is 15.0. The average molecular weight is 224 g/mol. The number of halogens is 1. The Bertz CT molecular complexity index is 306. The lowest BCUT2D eigenvalue weighted by Crippen LogP contribution is -2.41. The van der Waals surface area contributed by atoms with Crippen molar-refractivity contribution in [2.45, 2.75) is 57.9 Å². The molecule has 0 aliphatic heterocycles. The smallest absolute Gasteiger partial charge is 0.238 e. The molecule has 1 fully saturated rings. The van der Waals surface area contributed by atoms with Crippen molar-refractivity contribution in [1.29, 1.82) is 0 Å². The number of ether oxygens (including phenoxy) is 1. The summed E-state index contributed by atoms with van der Waals surface area (Å²) in [5.74, 6) is -1.63. The van der Waals surface area contributed by atoms with Crippen molar-refractivity contribution in [3.8, 4) is 0 Å². The fraction of sp³-hybridized carbons (Fsp3) is 0.714. The summed E-state index contributed by atoms with van der Waals surface area (Å²) in [6, 6.07) is 0. The standard InChI is InChI=1S/C14H21FO/c1-11(2)16-14(15)12-7-4-3-5-8-13(14)10-6-9-12/h6,9-12H,3-5,7-8H2,1-2H3. The highest BCUT2D eigenvalue weighted by Crippen LogP contribution is 2.43. The Kier molecular flexibility index (Phi) is 3.48. The molecule has 1 saturated carbocycles. The lowest BCUT2D eigenvalue weighted by atomic mass is 9.80. The van der Waals surface area contributed by atoms with Gasteiger partial charge in [0.2, 0.25) is 5.85 Å². The van der Waals surface area contributed by atoms with E-state index in [2.05, 4.69) is 0 Å². The molecule has 0 aromatic rings. The molecule has 0 saturated heterocycles. The third kappa shape index (κ3) is 2.22. The summed E-state index contributed by atoms with van der Waals surface area (Å²) < 4.78 is 20.6. The Morgan fingerprint density at radius 2 is 2.19 bits per heavy atom. The van der Waals surface area contributed by atoms with Crippen LogP contribution in [0.1, 0.15) is 46.0 Å². The minimum atomic E-state index is -1.54. The molecule has 0 aromatic carbocycles. The summed E-state index contributed by atoms with van der Waals surface area (Å²) in [4.78, 5) is 0. The molecule has 1 nitrogen and oxygen atoms in total. The second-order valence-electron chi connectivity index (χ2n) is 5.09. The number of alkyl halides is 1. The Balaban J connectivity index is 2.26. The Morgan fingerprint density at radius 3 is 2.94 bits per heavy atom. The van der Waals surface area contributed by atoms with Gasteiger partial charge >= 0.3 is 0 Å². The Hall–Kier alpha value is -0.630. The van der Waals surface area contributed by atoms with Gasteiger partial charge in [-0.3, -0.25) is 0 Å². The highest BCUT2D eigenvalue weighted by Gasteiger charge is 2.44. The predicted molar refractivity (Wildman–Crippen MR) is 63.9 cm³/mol. The van der Waals surface area contributed by atoms with E-state index in [9.17, 15) is 0 Å². The van der Waals surface area contributed by atoms with E-state index in [1.807, 2.05) is 32.1 Å². The zero-order valence-corrected chi connectivity index (χ0v) is 10.2. The average Bonchev–Trinajstić information content (AvgIpc) is 2.22. The molecular formula is C14H21FO. The summed E-state index contributed by atoms with van der Waals surface area (Å²) >= 11 is 0. The van der Waals surface area contributed by atoms with Gasteiger partial charge in [-0.2, -0.15) is 0 Å². The number of hydrogen-bond acceptors (Lipinski definition) is 1. The van der Waals surface area contributed by atoms with E-state index in [4.69, 9.17) is 4.74 Å². The monoisotopic (exact) mass is 224 g/mol. The van der Waals surface area contributed by atoms with Crippen molar-refractivity contribution in [1.82, 2.24) is 0 Å². The van der Waals surface area contributed by atoms with Crippen molar-refractivity contribution in [3.63, 3.8) is 0 Å². The molecule has 0 radical (unpaired) electrons. The van der Waals surface area contributed by atoms with E-state index in [-0.39, 0.29) is 12.0 Å². The molecule has 2 unspecified atom stereocenters. The topological polar surface area (TPSA) is 9.23 Å². The van der Waals surface area contributed by atoms with E-state index < -0.39 is 5.85 Å². The van der Waals surface area contributed by atoms with Gasteiger partial charge in [0.1, 0.15) is 0 Å². The third-order valence-corrected chi connectivity index (χ3v) is 3.42. The second-order valence-corrected chi connectivity index (χ2v) is 5.09. The van der Waals surface area contributed by atoms with Crippen molar-refractivity contribution < 1.29 is 9.13 Å². The SMILES string of the molecule is CC(C)OC1(F)C2=CC=CC1CCCCC2. The largest absolute Gasteiger partial charge is 0.339 e. The first-order valence-corrected chi connectivity index (χ1v) is 6.37. The maximum Gasteiger partial charge on any atom is 0.238 e. The lowest BCUT2D eigenvalue weighted by molar-refractivity contribution is -0.172. The van der Waals surface area contributed by atoms with Crippen LogP contribution in [0.4, 0.5) is 4.39 Å². The molecule has 0 aromatic heterocycles. The van der Waals surface area contributed by atoms with E-state index in [0.717, 1.165) is 31.3 Å². The second kappa shape index (κ2) is 4.70. The van der Waals surface area contributed by atoms with Gasteiger partial charge in [-0.05, 0) is 38.7 Å². The fourth-order valence-electron chi connectivity index (χ4n) is 2.68. The molecule has 90 valence electrons. The molecule has 0 N–H and O–H groups in total. The molecule has 2 bridgehead atoms. The highest BCUT2D eigenvalue weighted by molar-refractivity contribution is 5.28. The van der Waals surface area contributed by atoms with E-state index in [0.29, 0.717) is 0 Å². The van der Waals surface area contributed by atoms with Gasteiger partial charge in [0.15, 0.2) is 0 Å². The van der Waals surface area contributed by atoms with Crippen LogP contribution in [0.25, 0.3) is 0 Å². The van der Waals surface area contributed by atoms with Crippen LogP contribution >= 0.6 is 0 Å². The predicted octanol–water partition coefficient (Wildman–Crippen LogP) is 4.15. The third-order valence-electron chi connectivity index (χ3n) is 3.42. The van der Waals surface area contributed by atoms with Crippen LogP contribution in [0.15, 0.2) is 23.8 Å². The number of fused-ring (bicyclic) bond motifs is 2. The van der Waals surface area contributed by atoms with E-state index in [1.54, 1.807) is 0 Å². The minimum Gasteiger partial charge on any atom is -0.339 e. The van der Waals surface area contributed by atoms with Crippen molar-refractivity contribution in [2.24, 2.45) is 5.92 Å². The van der Waals surface area contributed by atoms with Crippen LogP contribution in [-0.2, 0) is 4.74 Å². The molecule has 0 amide bonds. The zero-order valence-electron chi connectivity index (χ0n) is 10.2. The van der Waals surface area contributed by atoms with Gasteiger partial charge in [-0.15, -0.1) is 0 Å². The summed E-state index contributed by atoms with van der Waals surface area (Å²) in [7, 11) is 0. The van der Waals surface area contributed by atoms with Crippen LogP contribution in [-0.4, -0.2) is 12.0 Å². The van der Waals surface area contributed by atoms with Crippen LogP contribution < -0.4 is 0 Å². The first kappa shape index (κ1) is 11.8. The van der Waals surface area contributed by atoms with Gasteiger partial charge in [0.25, 0.3) is 0 Å². The van der Waals surface area contributed by atoms with Crippen LogP contribution in [0.2, 0.25) is 0 Å². The zero-order chi connectivity index (χ0) is 11.6. The number of rotatable bonds is 2. The maximum atomic E-state index is 15.0. The molecule has 2 rings (SSSR count). The van der Waals surface area contributed by atoms with Crippen LogP contribution in [0.5, 0.6) is 0 Å². The van der Waals surface area contributed by atoms with Gasteiger partial charge < -0.3 is 4.74 Å². The number of hydrogen-bond donors (Lipinski definition) is 0. The summed E-state index contributed by atoms with van der Waals surface area (Å²) in [6.45, 7) is 3.81.